The van der Waals surface area contributed by atoms with E-state index >= 15 is 0 Å². The van der Waals surface area contributed by atoms with Crippen molar-refractivity contribution in [2.45, 2.75) is 37.5 Å². The molecule has 0 aliphatic heterocycles. The Morgan fingerprint density at radius 1 is 1.33 bits per heavy atom. The second kappa shape index (κ2) is 9.29. The van der Waals surface area contributed by atoms with Crippen molar-refractivity contribution in [1.82, 2.24) is 5.32 Å². The van der Waals surface area contributed by atoms with Gasteiger partial charge in [0.1, 0.15) is 0 Å². The maximum absolute atomic E-state index is 11.6. The smallest absolute Gasteiger partial charge is 0.230 e. The molecule has 1 rings (SSSR count). The molecule has 1 N–H and O–H groups in total. The third-order valence-electron chi connectivity index (χ3n) is 2.52. The molecule has 0 radical (unpaired) electrons. The molecule has 0 spiro atoms. The van der Waals surface area contributed by atoms with E-state index in [2.05, 4.69) is 12.2 Å². The second-order valence-corrected chi connectivity index (χ2v) is 5.64. The summed E-state index contributed by atoms with van der Waals surface area (Å²) in [6, 6.07) is 7.57. The molecule has 0 atom stereocenters. The highest BCUT2D eigenvalue weighted by atomic mass is 35.5. The maximum atomic E-state index is 11.6. The zero-order valence-corrected chi connectivity index (χ0v) is 12.3. The van der Waals surface area contributed by atoms with E-state index in [-0.39, 0.29) is 5.91 Å². The van der Waals surface area contributed by atoms with E-state index in [1.807, 2.05) is 24.3 Å². The SMILES string of the molecule is CCCCCCNC(=O)CSc1cccc(Cl)c1. The first-order valence-corrected chi connectivity index (χ1v) is 7.74. The van der Waals surface area contributed by atoms with Gasteiger partial charge < -0.3 is 5.32 Å². The Hall–Kier alpha value is -0.670. The molecular formula is C14H20ClNOS. The van der Waals surface area contributed by atoms with Crippen molar-refractivity contribution < 1.29 is 4.79 Å². The second-order valence-electron chi connectivity index (χ2n) is 4.16. The van der Waals surface area contributed by atoms with Gasteiger partial charge in [0.2, 0.25) is 5.91 Å². The fraction of sp³-hybridized carbons (Fsp3) is 0.500. The van der Waals surface area contributed by atoms with Crippen molar-refractivity contribution in [2.24, 2.45) is 0 Å². The van der Waals surface area contributed by atoms with Crippen molar-refractivity contribution in [3.8, 4) is 0 Å². The van der Waals surface area contributed by atoms with E-state index in [1.54, 1.807) is 0 Å². The number of carbonyl (C=O) groups excluding carboxylic acids is 1. The van der Waals surface area contributed by atoms with Gasteiger partial charge >= 0.3 is 0 Å². The lowest BCUT2D eigenvalue weighted by molar-refractivity contribution is -0.118. The number of amides is 1. The fourth-order valence-electron chi connectivity index (χ4n) is 1.54. The lowest BCUT2D eigenvalue weighted by atomic mass is 10.2. The highest BCUT2D eigenvalue weighted by molar-refractivity contribution is 8.00. The minimum atomic E-state index is 0.0940. The monoisotopic (exact) mass is 285 g/mol. The first-order valence-electron chi connectivity index (χ1n) is 6.37. The predicted octanol–water partition coefficient (Wildman–Crippen LogP) is 4.13. The number of carbonyl (C=O) groups is 1. The predicted molar refractivity (Wildman–Crippen MR) is 79.3 cm³/mol. The van der Waals surface area contributed by atoms with Crippen LogP contribution >= 0.6 is 23.4 Å². The van der Waals surface area contributed by atoms with Crippen molar-refractivity contribution in [3.05, 3.63) is 29.3 Å². The number of hydrogen-bond donors (Lipinski definition) is 1. The van der Waals surface area contributed by atoms with E-state index in [4.69, 9.17) is 11.6 Å². The summed E-state index contributed by atoms with van der Waals surface area (Å²) in [6.07, 6.45) is 4.73. The molecule has 0 aliphatic rings. The molecule has 0 saturated carbocycles. The van der Waals surface area contributed by atoms with Crippen LogP contribution in [0.2, 0.25) is 5.02 Å². The van der Waals surface area contributed by atoms with Crippen molar-refractivity contribution in [1.29, 1.82) is 0 Å². The van der Waals surface area contributed by atoms with E-state index in [9.17, 15) is 4.79 Å². The zero-order valence-electron chi connectivity index (χ0n) is 10.7. The standard InChI is InChI=1S/C14H20ClNOS/c1-2-3-4-5-9-16-14(17)11-18-13-8-6-7-12(15)10-13/h6-8,10H,2-5,9,11H2,1H3,(H,16,17). The molecule has 18 heavy (non-hydrogen) atoms. The third-order valence-corrected chi connectivity index (χ3v) is 3.75. The molecule has 100 valence electrons. The minimum absolute atomic E-state index is 0.0940. The lowest BCUT2D eigenvalue weighted by Crippen LogP contribution is -2.26. The first kappa shape index (κ1) is 15.4. The average Bonchev–Trinajstić information content (AvgIpc) is 2.36. The van der Waals surface area contributed by atoms with Crippen LogP contribution in [-0.2, 0) is 4.79 Å². The van der Waals surface area contributed by atoms with Gasteiger partial charge in [-0.25, -0.2) is 0 Å². The van der Waals surface area contributed by atoms with Crippen LogP contribution in [0.25, 0.3) is 0 Å². The van der Waals surface area contributed by atoms with Gasteiger partial charge in [0.25, 0.3) is 0 Å². The summed E-state index contributed by atoms with van der Waals surface area (Å²) in [6.45, 7) is 2.97. The Morgan fingerprint density at radius 2 is 2.17 bits per heavy atom. The summed E-state index contributed by atoms with van der Waals surface area (Å²) in [5.74, 6) is 0.546. The van der Waals surface area contributed by atoms with Crippen LogP contribution < -0.4 is 5.32 Å². The molecular weight excluding hydrogens is 266 g/mol. The summed E-state index contributed by atoms with van der Waals surface area (Å²) in [5.41, 5.74) is 0. The molecule has 4 heteroatoms. The summed E-state index contributed by atoms with van der Waals surface area (Å²) < 4.78 is 0. The van der Waals surface area contributed by atoms with Crippen molar-refractivity contribution in [2.75, 3.05) is 12.3 Å². The number of benzene rings is 1. The molecule has 0 saturated heterocycles. The summed E-state index contributed by atoms with van der Waals surface area (Å²) in [7, 11) is 0. The Kier molecular flexibility index (Phi) is 7.94. The molecule has 0 unspecified atom stereocenters. The molecule has 1 aromatic rings. The summed E-state index contributed by atoms with van der Waals surface area (Å²) in [4.78, 5) is 12.6. The molecule has 0 heterocycles. The molecule has 1 aromatic carbocycles. The highest BCUT2D eigenvalue weighted by Crippen LogP contribution is 2.21. The molecule has 0 aromatic heterocycles. The van der Waals surface area contributed by atoms with Gasteiger partial charge in [-0.3, -0.25) is 4.79 Å². The van der Waals surface area contributed by atoms with Crippen molar-refractivity contribution >= 4 is 29.3 Å². The van der Waals surface area contributed by atoms with Crippen molar-refractivity contribution in [3.63, 3.8) is 0 Å². The van der Waals surface area contributed by atoms with Crippen LogP contribution in [0.3, 0.4) is 0 Å². The highest BCUT2D eigenvalue weighted by Gasteiger charge is 2.02. The Morgan fingerprint density at radius 3 is 2.89 bits per heavy atom. The van der Waals surface area contributed by atoms with E-state index in [0.717, 1.165) is 17.9 Å². The number of halogens is 1. The Bertz CT molecular complexity index is 371. The number of thioether (sulfide) groups is 1. The zero-order chi connectivity index (χ0) is 13.2. The number of nitrogens with one attached hydrogen (secondary N) is 1. The molecule has 0 bridgehead atoms. The lowest BCUT2D eigenvalue weighted by Gasteiger charge is -2.05. The normalized spacial score (nSPS) is 10.3. The maximum Gasteiger partial charge on any atom is 0.230 e. The van der Waals surface area contributed by atoms with Crippen LogP contribution in [-0.4, -0.2) is 18.2 Å². The van der Waals surface area contributed by atoms with E-state index in [0.29, 0.717) is 10.8 Å². The Labute approximate surface area is 118 Å². The van der Waals surface area contributed by atoms with Gasteiger partial charge in [0.05, 0.1) is 5.75 Å². The van der Waals surface area contributed by atoms with Gasteiger partial charge in [0, 0.05) is 16.5 Å². The van der Waals surface area contributed by atoms with E-state index < -0.39 is 0 Å². The van der Waals surface area contributed by atoms with Gasteiger partial charge in [-0.05, 0) is 24.6 Å². The summed E-state index contributed by atoms with van der Waals surface area (Å²) in [5, 5.41) is 3.64. The number of rotatable bonds is 8. The minimum Gasteiger partial charge on any atom is -0.355 e. The third kappa shape index (κ3) is 6.92. The summed E-state index contributed by atoms with van der Waals surface area (Å²) >= 11 is 7.39. The largest absolute Gasteiger partial charge is 0.355 e. The molecule has 2 nitrogen and oxygen atoms in total. The van der Waals surface area contributed by atoms with Gasteiger partial charge in [-0.1, -0.05) is 43.9 Å². The number of hydrogen-bond acceptors (Lipinski definition) is 2. The van der Waals surface area contributed by atoms with Gasteiger partial charge in [-0.2, -0.15) is 0 Å². The Balaban J connectivity index is 2.13. The topological polar surface area (TPSA) is 29.1 Å². The fourth-order valence-corrected chi connectivity index (χ4v) is 2.58. The van der Waals surface area contributed by atoms with E-state index in [1.165, 1.54) is 31.0 Å². The first-order chi connectivity index (χ1) is 8.72. The van der Waals surface area contributed by atoms with Crippen LogP contribution in [0.1, 0.15) is 32.6 Å². The van der Waals surface area contributed by atoms with Gasteiger partial charge in [-0.15, -0.1) is 11.8 Å². The van der Waals surface area contributed by atoms with Gasteiger partial charge in [0.15, 0.2) is 0 Å². The molecule has 1 amide bonds. The van der Waals surface area contributed by atoms with Crippen LogP contribution in [0.5, 0.6) is 0 Å². The van der Waals surface area contributed by atoms with Crippen LogP contribution in [0, 0.1) is 0 Å². The number of unbranched alkanes of at least 4 members (excludes halogenated alkanes) is 3. The molecule has 0 aliphatic carbocycles. The average molecular weight is 286 g/mol. The van der Waals surface area contributed by atoms with Crippen LogP contribution in [0.15, 0.2) is 29.2 Å². The molecule has 0 fully saturated rings. The van der Waals surface area contributed by atoms with Crippen LogP contribution in [0.4, 0.5) is 0 Å². The quantitative estimate of drug-likeness (QED) is 0.575.